The number of anilines is 2. The predicted octanol–water partition coefficient (Wildman–Crippen LogP) is 13.1. The van der Waals surface area contributed by atoms with Crippen molar-refractivity contribution < 1.29 is 0 Å². The zero-order valence-electron chi connectivity index (χ0n) is 30.3. The van der Waals surface area contributed by atoms with Gasteiger partial charge < -0.3 is 9.47 Å². The van der Waals surface area contributed by atoms with Crippen molar-refractivity contribution in [1.29, 1.82) is 0 Å². The summed E-state index contributed by atoms with van der Waals surface area (Å²) in [6, 6.07) is 57.7. The van der Waals surface area contributed by atoms with Crippen molar-refractivity contribution in [2.75, 3.05) is 4.90 Å². The fourth-order valence-electron chi connectivity index (χ4n) is 9.32. The SMILES string of the molecule is CC1(C)C2=CC(N(c3ccccc3)c3ccc(C4C=Cc5c(c6ccccc6n5-c5ccc(-c6ccccc6)cc5)C4)cc3)=CCC2c2ccccc21. The molecule has 0 saturated heterocycles. The number of hydrogen-bond donors (Lipinski definition) is 0. The van der Waals surface area contributed by atoms with E-state index in [0.29, 0.717) is 11.8 Å². The molecule has 0 saturated carbocycles. The Morgan fingerprint density at radius 1 is 0.642 bits per heavy atom. The van der Waals surface area contributed by atoms with E-state index in [0.717, 1.165) is 12.8 Å². The van der Waals surface area contributed by atoms with Crippen LogP contribution in [0.25, 0.3) is 33.8 Å². The van der Waals surface area contributed by atoms with Crippen LogP contribution in [-0.4, -0.2) is 4.57 Å². The molecule has 3 aliphatic carbocycles. The molecule has 1 aromatic heterocycles. The number of aromatic nitrogens is 1. The first-order valence-electron chi connectivity index (χ1n) is 19.0. The van der Waals surface area contributed by atoms with Crippen molar-refractivity contribution >= 4 is 28.4 Å². The highest BCUT2D eigenvalue weighted by molar-refractivity contribution is 5.91. The third-order valence-corrected chi connectivity index (χ3v) is 12.0. The normalized spacial score (nSPS) is 18.2. The Morgan fingerprint density at radius 2 is 1.30 bits per heavy atom. The van der Waals surface area contributed by atoms with E-state index in [-0.39, 0.29) is 5.41 Å². The lowest BCUT2D eigenvalue weighted by molar-refractivity contribution is 0.609. The highest BCUT2D eigenvalue weighted by atomic mass is 15.1. The Hall–Kier alpha value is -6.12. The molecule has 0 fully saturated rings. The van der Waals surface area contributed by atoms with Gasteiger partial charge in [0, 0.05) is 51.1 Å². The fraction of sp³-hybridized carbons (Fsp3) is 0.137. The van der Waals surface area contributed by atoms with E-state index in [9.17, 15) is 0 Å². The molecule has 3 aliphatic rings. The van der Waals surface area contributed by atoms with Crippen LogP contribution in [0.1, 0.15) is 60.1 Å². The van der Waals surface area contributed by atoms with Gasteiger partial charge in [-0.2, -0.15) is 0 Å². The predicted molar refractivity (Wildman–Crippen MR) is 222 cm³/mol. The molecule has 0 N–H and O–H groups in total. The maximum absolute atomic E-state index is 2.48. The van der Waals surface area contributed by atoms with E-state index in [1.165, 1.54) is 78.3 Å². The highest BCUT2D eigenvalue weighted by Crippen LogP contribution is 2.54. The van der Waals surface area contributed by atoms with Crippen LogP contribution in [0.4, 0.5) is 11.4 Å². The Balaban J connectivity index is 0.970. The van der Waals surface area contributed by atoms with Crippen molar-refractivity contribution in [3.63, 3.8) is 0 Å². The summed E-state index contributed by atoms with van der Waals surface area (Å²) < 4.78 is 2.44. The molecule has 2 heteroatoms. The second-order valence-corrected chi connectivity index (χ2v) is 15.3. The Kier molecular flexibility index (Phi) is 7.47. The minimum Gasteiger partial charge on any atom is -0.311 e. The first kappa shape index (κ1) is 31.6. The average molecular weight is 683 g/mol. The maximum Gasteiger partial charge on any atom is 0.0537 e. The molecule has 2 unspecified atom stereocenters. The molecule has 0 aliphatic heterocycles. The molecule has 6 aromatic carbocycles. The van der Waals surface area contributed by atoms with E-state index in [1.54, 1.807) is 0 Å². The van der Waals surface area contributed by atoms with Gasteiger partial charge in [-0.3, -0.25) is 0 Å². The Morgan fingerprint density at radius 3 is 2.09 bits per heavy atom. The fourth-order valence-corrected chi connectivity index (χ4v) is 9.32. The summed E-state index contributed by atoms with van der Waals surface area (Å²) in [4.78, 5) is 2.44. The summed E-state index contributed by atoms with van der Waals surface area (Å²) in [5, 5.41) is 1.34. The summed E-state index contributed by atoms with van der Waals surface area (Å²) in [5.74, 6) is 0.753. The molecule has 256 valence electrons. The number of para-hydroxylation sites is 2. The summed E-state index contributed by atoms with van der Waals surface area (Å²) in [6.07, 6.45) is 11.7. The van der Waals surface area contributed by atoms with E-state index in [4.69, 9.17) is 0 Å². The van der Waals surface area contributed by atoms with Crippen LogP contribution in [0.2, 0.25) is 0 Å². The van der Waals surface area contributed by atoms with Crippen molar-refractivity contribution in [1.82, 2.24) is 4.57 Å². The van der Waals surface area contributed by atoms with Crippen LogP contribution in [0.5, 0.6) is 0 Å². The standard InChI is InChI=1S/C51H42N2/c1-51(2)47-19-11-9-17-43(47)44-31-30-42(34-48(44)51)52(39-15-7-4-8-16-39)40-26-23-37(24-27-40)38-25-32-50-46(33-38)45-18-10-12-20-49(45)53(50)41-28-21-36(22-29-41)35-13-5-3-6-14-35/h3-30,32,34,38,44H,31,33H2,1-2H3. The van der Waals surface area contributed by atoms with E-state index in [1.807, 2.05) is 0 Å². The number of hydrogen-bond acceptors (Lipinski definition) is 1. The topological polar surface area (TPSA) is 8.17 Å². The van der Waals surface area contributed by atoms with Crippen molar-refractivity contribution in [2.45, 2.75) is 43.9 Å². The highest BCUT2D eigenvalue weighted by Gasteiger charge is 2.42. The first-order chi connectivity index (χ1) is 26.0. The number of benzene rings is 6. The lowest BCUT2D eigenvalue weighted by Gasteiger charge is -2.33. The van der Waals surface area contributed by atoms with Gasteiger partial charge in [-0.1, -0.05) is 147 Å². The van der Waals surface area contributed by atoms with Crippen molar-refractivity contribution in [3.8, 4) is 16.8 Å². The minimum absolute atomic E-state index is 0.00783. The van der Waals surface area contributed by atoms with Crippen LogP contribution in [0.3, 0.4) is 0 Å². The molecule has 0 radical (unpaired) electrons. The Labute approximate surface area is 312 Å². The number of fused-ring (bicyclic) bond motifs is 6. The second-order valence-electron chi connectivity index (χ2n) is 15.3. The lowest BCUT2D eigenvalue weighted by Crippen LogP contribution is -2.22. The quantitative estimate of drug-likeness (QED) is 0.169. The Bertz CT molecular complexity index is 2560. The van der Waals surface area contributed by atoms with Gasteiger partial charge in [0.25, 0.3) is 0 Å². The van der Waals surface area contributed by atoms with Gasteiger partial charge in [-0.25, -0.2) is 0 Å². The third kappa shape index (κ3) is 5.24. The number of rotatable bonds is 6. The number of nitrogens with zero attached hydrogens (tertiary/aromatic N) is 2. The van der Waals surface area contributed by atoms with Gasteiger partial charge in [0.15, 0.2) is 0 Å². The van der Waals surface area contributed by atoms with Crippen molar-refractivity contribution in [3.05, 3.63) is 215 Å². The average Bonchev–Trinajstić information content (AvgIpc) is 3.67. The third-order valence-electron chi connectivity index (χ3n) is 12.0. The molecule has 7 aromatic rings. The molecule has 1 heterocycles. The molecule has 2 atom stereocenters. The summed E-state index contributed by atoms with van der Waals surface area (Å²) in [5.41, 5.74) is 17.1. The molecule has 0 bridgehead atoms. The summed E-state index contributed by atoms with van der Waals surface area (Å²) in [6.45, 7) is 4.79. The van der Waals surface area contributed by atoms with Gasteiger partial charge >= 0.3 is 0 Å². The molecule has 2 nitrogen and oxygen atoms in total. The lowest BCUT2D eigenvalue weighted by atomic mass is 9.78. The summed E-state index contributed by atoms with van der Waals surface area (Å²) in [7, 11) is 0. The first-order valence-corrected chi connectivity index (χ1v) is 19.0. The van der Waals surface area contributed by atoms with Gasteiger partial charge in [0.05, 0.1) is 5.52 Å². The molecular formula is C51H42N2. The van der Waals surface area contributed by atoms with Crippen LogP contribution in [0, 0.1) is 0 Å². The van der Waals surface area contributed by atoms with Gasteiger partial charge in [-0.15, -0.1) is 0 Å². The van der Waals surface area contributed by atoms with Crippen LogP contribution < -0.4 is 4.90 Å². The molecule has 0 spiro atoms. The monoisotopic (exact) mass is 682 g/mol. The zero-order chi connectivity index (χ0) is 35.5. The van der Waals surface area contributed by atoms with E-state index in [2.05, 4.69) is 205 Å². The maximum atomic E-state index is 2.48. The van der Waals surface area contributed by atoms with Gasteiger partial charge in [0.2, 0.25) is 0 Å². The summed E-state index contributed by atoms with van der Waals surface area (Å²) >= 11 is 0. The van der Waals surface area contributed by atoms with Gasteiger partial charge in [-0.05, 0) is 101 Å². The van der Waals surface area contributed by atoms with E-state index >= 15 is 0 Å². The van der Waals surface area contributed by atoms with Gasteiger partial charge in [0.1, 0.15) is 0 Å². The molecule has 10 rings (SSSR count). The minimum atomic E-state index is 0.00783. The molecular weight excluding hydrogens is 641 g/mol. The smallest absolute Gasteiger partial charge is 0.0537 e. The molecule has 0 amide bonds. The number of allylic oxidation sites excluding steroid dienone is 4. The zero-order valence-corrected chi connectivity index (χ0v) is 30.3. The van der Waals surface area contributed by atoms with Crippen LogP contribution in [0.15, 0.2) is 187 Å². The molecule has 53 heavy (non-hydrogen) atoms. The van der Waals surface area contributed by atoms with Crippen molar-refractivity contribution in [2.24, 2.45) is 0 Å². The van der Waals surface area contributed by atoms with Crippen LogP contribution >= 0.6 is 0 Å². The van der Waals surface area contributed by atoms with E-state index < -0.39 is 0 Å². The van der Waals surface area contributed by atoms with Crippen LogP contribution in [-0.2, 0) is 11.8 Å². The largest absolute Gasteiger partial charge is 0.311 e. The second kappa shape index (κ2) is 12.5.